The van der Waals surface area contributed by atoms with Gasteiger partial charge in [-0.2, -0.15) is 0 Å². The molecule has 1 heterocycles. The first-order valence-electron chi connectivity index (χ1n) is 11.4. The maximum absolute atomic E-state index is 13.2. The van der Waals surface area contributed by atoms with E-state index in [1.807, 2.05) is 34.6 Å². The van der Waals surface area contributed by atoms with Crippen LogP contribution in [0.15, 0.2) is 0 Å². The molecule has 7 nitrogen and oxygen atoms in total. The number of carbonyl (C=O) groups excluding carboxylic acids is 3. The summed E-state index contributed by atoms with van der Waals surface area (Å²) >= 11 is 0. The smallest absolute Gasteiger partial charge is 0.317 e. The van der Waals surface area contributed by atoms with Gasteiger partial charge in [0, 0.05) is 38.1 Å². The van der Waals surface area contributed by atoms with Crippen LogP contribution >= 0.6 is 0 Å². The fraction of sp³-hybridized carbons (Fsp3) is 0.864. The molecule has 0 aromatic rings. The molecule has 3 atom stereocenters. The SMILES string of the molecule is CCCCCCC(=O)NC(C(=O)N1CCN(C(=O)NC(C)C)C(C)C1)C(C)CC. The van der Waals surface area contributed by atoms with Gasteiger partial charge in [-0.25, -0.2) is 4.79 Å². The van der Waals surface area contributed by atoms with Crippen LogP contribution in [-0.4, -0.2) is 65.4 Å². The van der Waals surface area contributed by atoms with Crippen LogP contribution < -0.4 is 10.6 Å². The molecule has 1 aliphatic heterocycles. The average Bonchev–Trinajstić information content (AvgIpc) is 2.67. The molecule has 0 saturated carbocycles. The fourth-order valence-corrected chi connectivity index (χ4v) is 3.63. The van der Waals surface area contributed by atoms with Gasteiger partial charge in [0.25, 0.3) is 0 Å². The fourth-order valence-electron chi connectivity index (χ4n) is 3.63. The van der Waals surface area contributed by atoms with Gasteiger partial charge in [0.1, 0.15) is 6.04 Å². The highest BCUT2D eigenvalue weighted by Crippen LogP contribution is 2.16. The first-order chi connectivity index (χ1) is 13.7. The monoisotopic (exact) mass is 410 g/mol. The summed E-state index contributed by atoms with van der Waals surface area (Å²) in [6.45, 7) is 13.5. The zero-order valence-electron chi connectivity index (χ0n) is 19.3. The largest absolute Gasteiger partial charge is 0.344 e. The molecule has 0 aromatic carbocycles. The molecule has 0 bridgehead atoms. The minimum Gasteiger partial charge on any atom is -0.344 e. The number of nitrogens with one attached hydrogen (secondary N) is 2. The van der Waals surface area contributed by atoms with E-state index in [2.05, 4.69) is 17.6 Å². The van der Waals surface area contributed by atoms with Crippen molar-refractivity contribution < 1.29 is 14.4 Å². The Kier molecular flexibility index (Phi) is 11.1. The number of amides is 4. The number of hydrogen-bond donors (Lipinski definition) is 2. The van der Waals surface area contributed by atoms with E-state index in [4.69, 9.17) is 0 Å². The molecule has 0 spiro atoms. The van der Waals surface area contributed by atoms with Crippen LogP contribution in [0.2, 0.25) is 0 Å². The van der Waals surface area contributed by atoms with E-state index in [0.29, 0.717) is 26.1 Å². The van der Waals surface area contributed by atoms with Crippen molar-refractivity contribution in [2.75, 3.05) is 19.6 Å². The van der Waals surface area contributed by atoms with Gasteiger partial charge in [0.15, 0.2) is 0 Å². The Morgan fingerprint density at radius 1 is 1.00 bits per heavy atom. The highest BCUT2D eigenvalue weighted by atomic mass is 16.2. The van der Waals surface area contributed by atoms with Gasteiger partial charge in [-0.05, 0) is 33.1 Å². The van der Waals surface area contributed by atoms with Crippen molar-refractivity contribution in [3.8, 4) is 0 Å². The van der Waals surface area contributed by atoms with Gasteiger partial charge in [0.2, 0.25) is 11.8 Å². The van der Waals surface area contributed by atoms with Gasteiger partial charge < -0.3 is 20.4 Å². The normalized spacial score (nSPS) is 19.1. The van der Waals surface area contributed by atoms with Crippen LogP contribution in [0, 0.1) is 5.92 Å². The second kappa shape index (κ2) is 12.7. The van der Waals surface area contributed by atoms with E-state index in [-0.39, 0.29) is 35.8 Å². The maximum Gasteiger partial charge on any atom is 0.317 e. The number of carbonyl (C=O) groups is 3. The Morgan fingerprint density at radius 2 is 1.69 bits per heavy atom. The van der Waals surface area contributed by atoms with Crippen molar-refractivity contribution in [3.05, 3.63) is 0 Å². The average molecular weight is 411 g/mol. The van der Waals surface area contributed by atoms with E-state index in [9.17, 15) is 14.4 Å². The van der Waals surface area contributed by atoms with E-state index >= 15 is 0 Å². The van der Waals surface area contributed by atoms with Crippen molar-refractivity contribution in [2.45, 2.75) is 98.2 Å². The third kappa shape index (κ3) is 8.23. The minimum atomic E-state index is -0.498. The van der Waals surface area contributed by atoms with Gasteiger partial charge in [0.05, 0.1) is 0 Å². The molecule has 1 fully saturated rings. The molecule has 1 aliphatic rings. The van der Waals surface area contributed by atoms with Gasteiger partial charge in [-0.1, -0.05) is 46.5 Å². The predicted octanol–water partition coefficient (Wildman–Crippen LogP) is 3.14. The Morgan fingerprint density at radius 3 is 2.24 bits per heavy atom. The van der Waals surface area contributed by atoms with Crippen molar-refractivity contribution in [1.29, 1.82) is 0 Å². The second-order valence-electron chi connectivity index (χ2n) is 8.67. The number of hydrogen-bond acceptors (Lipinski definition) is 3. The highest BCUT2D eigenvalue weighted by Gasteiger charge is 2.35. The van der Waals surface area contributed by atoms with E-state index in [1.165, 1.54) is 0 Å². The number of rotatable bonds is 10. The van der Waals surface area contributed by atoms with Crippen molar-refractivity contribution in [2.24, 2.45) is 5.92 Å². The highest BCUT2D eigenvalue weighted by molar-refractivity contribution is 5.88. The van der Waals surface area contributed by atoms with Crippen molar-refractivity contribution in [1.82, 2.24) is 20.4 Å². The van der Waals surface area contributed by atoms with E-state index < -0.39 is 6.04 Å². The molecule has 29 heavy (non-hydrogen) atoms. The van der Waals surface area contributed by atoms with Crippen molar-refractivity contribution >= 4 is 17.8 Å². The molecule has 0 radical (unpaired) electrons. The van der Waals surface area contributed by atoms with Crippen LogP contribution in [0.4, 0.5) is 4.79 Å². The summed E-state index contributed by atoms with van der Waals surface area (Å²) in [6, 6.07) is -0.564. The second-order valence-corrected chi connectivity index (χ2v) is 8.67. The lowest BCUT2D eigenvalue weighted by Crippen LogP contribution is -2.61. The molecule has 2 N–H and O–H groups in total. The first-order valence-corrected chi connectivity index (χ1v) is 11.4. The zero-order valence-corrected chi connectivity index (χ0v) is 19.3. The topological polar surface area (TPSA) is 81.8 Å². The molecule has 1 saturated heterocycles. The Balaban J connectivity index is 2.68. The molecule has 4 amide bonds. The van der Waals surface area contributed by atoms with Crippen LogP contribution in [0.25, 0.3) is 0 Å². The molecule has 168 valence electrons. The molecule has 7 heteroatoms. The van der Waals surface area contributed by atoms with Gasteiger partial charge >= 0.3 is 6.03 Å². The standard InChI is InChI=1S/C22H42N4O3/c1-7-9-10-11-12-19(27)24-20(17(5)8-2)21(28)25-13-14-26(18(6)15-25)22(29)23-16(3)4/h16-18,20H,7-15H2,1-6H3,(H,23,29)(H,24,27). The first kappa shape index (κ1) is 25.2. The van der Waals surface area contributed by atoms with Crippen LogP contribution in [0.5, 0.6) is 0 Å². The third-order valence-corrected chi connectivity index (χ3v) is 5.67. The van der Waals surface area contributed by atoms with Gasteiger partial charge in [-0.3, -0.25) is 9.59 Å². The summed E-state index contributed by atoms with van der Waals surface area (Å²) in [4.78, 5) is 41.5. The number of piperazine rings is 1. The lowest BCUT2D eigenvalue weighted by atomic mass is 9.96. The minimum absolute atomic E-state index is 0.0305. The number of unbranched alkanes of at least 4 members (excludes halogenated alkanes) is 3. The van der Waals surface area contributed by atoms with Crippen LogP contribution in [0.3, 0.4) is 0 Å². The molecule has 0 aromatic heterocycles. The molecule has 0 aliphatic carbocycles. The van der Waals surface area contributed by atoms with E-state index in [1.54, 1.807) is 9.80 Å². The lowest BCUT2D eigenvalue weighted by molar-refractivity contribution is -0.140. The Labute approximate surface area is 177 Å². The van der Waals surface area contributed by atoms with E-state index in [0.717, 1.165) is 32.1 Å². The third-order valence-electron chi connectivity index (χ3n) is 5.67. The zero-order chi connectivity index (χ0) is 22.0. The lowest BCUT2D eigenvalue weighted by Gasteiger charge is -2.41. The van der Waals surface area contributed by atoms with Crippen molar-refractivity contribution in [3.63, 3.8) is 0 Å². The Bertz CT molecular complexity index is 538. The summed E-state index contributed by atoms with van der Waals surface area (Å²) in [7, 11) is 0. The quantitative estimate of drug-likeness (QED) is 0.543. The molecule has 1 rings (SSSR count). The maximum atomic E-state index is 13.2. The molecular formula is C22H42N4O3. The predicted molar refractivity (Wildman–Crippen MR) is 117 cm³/mol. The summed E-state index contributed by atoms with van der Waals surface area (Å²) in [5.74, 6) is -0.000517. The Hall–Kier alpha value is -1.79. The summed E-state index contributed by atoms with van der Waals surface area (Å²) in [5.41, 5.74) is 0. The molecular weight excluding hydrogens is 368 g/mol. The number of urea groups is 1. The van der Waals surface area contributed by atoms with Crippen LogP contribution in [0.1, 0.15) is 80.1 Å². The summed E-state index contributed by atoms with van der Waals surface area (Å²) in [6.07, 6.45) is 5.46. The van der Waals surface area contributed by atoms with Gasteiger partial charge in [-0.15, -0.1) is 0 Å². The summed E-state index contributed by atoms with van der Waals surface area (Å²) < 4.78 is 0. The number of nitrogens with zero attached hydrogens (tertiary/aromatic N) is 2. The summed E-state index contributed by atoms with van der Waals surface area (Å²) in [5, 5.41) is 5.91. The van der Waals surface area contributed by atoms with Crippen LogP contribution in [-0.2, 0) is 9.59 Å². The molecule has 3 unspecified atom stereocenters.